The number of halogens is 1. The summed E-state index contributed by atoms with van der Waals surface area (Å²) in [5.41, 5.74) is 0. The second-order valence-corrected chi connectivity index (χ2v) is 3.49. The van der Waals surface area contributed by atoms with Gasteiger partial charge < -0.3 is 4.74 Å². The van der Waals surface area contributed by atoms with Crippen LogP contribution in [0.25, 0.3) is 0 Å². The Morgan fingerprint density at radius 3 is 2.50 bits per heavy atom. The highest BCUT2D eigenvalue weighted by molar-refractivity contribution is 4.51. The number of alkyl halides is 1. The maximum absolute atomic E-state index is 12.0. The molecule has 2 atom stereocenters. The lowest BCUT2D eigenvalue weighted by atomic mass is 10.1. The van der Waals surface area contributed by atoms with Crippen molar-refractivity contribution >= 4 is 0 Å². The van der Waals surface area contributed by atoms with Gasteiger partial charge in [0.25, 0.3) is 0 Å². The molecule has 0 amide bonds. The summed E-state index contributed by atoms with van der Waals surface area (Å²) in [7, 11) is 0. The van der Waals surface area contributed by atoms with Crippen LogP contribution < -0.4 is 0 Å². The normalized spacial score (nSPS) is 16.0. The summed E-state index contributed by atoms with van der Waals surface area (Å²) in [4.78, 5) is 0. The summed E-state index contributed by atoms with van der Waals surface area (Å²) in [6.07, 6.45) is 3.33. The van der Waals surface area contributed by atoms with Crippen molar-refractivity contribution < 1.29 is 9.13 Å². The molecule has 0 heterocycles. The van der Waals surface area contributed by atoms with Crippen LogP contribution in [0.3, 0.4) is 0 Å². The van der Waals surface area contributed by atoms with E-state index in [2.05, 4.69) is 13.8 Å². The van der Waals surface area contributed by atoms with Gasteiger partial charge in [-0.3, -0.25) is 4.39 Å². The molecule has 0 saturated carbocycles. The van der Waals surface area contributed by atoms with Gasteiger partial charge in [-0.1, -0.05) is 13.8 Å². The van der Waals surface area contributed by atoms with E-state index in [1.54, 1.807) is 0 Å². The van der Waals surface area contributed by atoms with Crippen molar-refractivity contribution in [1.82, 2.24) is 0 Å². The van der Waals surface area contributed by atoms with Crippen LogP contribution in [-0.4, -0.2) is 19.4 Å². The van der Waals surface area contributed by atoms with Crippen molar-refractivity contribution in [3.8, 4) is 0 Å². The van der Waals surface area contributed by atoms with Crippen LogP contribution >= 0.6 is 0 Å². The Morgan fingerprint density at radius 2 is 2.00 bits per heavy atom. The highest BCUT2D eigenvalue weighted by Crippen LogP contribution is 2.06. The highest BCUT2D eigenvalue weighted by Gasteiger charge is 2.01. The Balaban J connectivity index is 3.10. The molecule has 0 radical (unpaired) electrons. The zero-order valence-corrected chi connectivity index (χ0v) is 8.48. The fraction of sp³-hybridized carbons (Fsp3) is 1.00. The molecular formula is C10H21FO. The lowest BCUT2D eigenvalue weighted by Gasteiger charge is -2.11. The van der Waals surface area contributed by atoms with E-state index >= 15 is 0 Å². The van der Waals surface area contributed by atoms with Crippen molar-refractivity contribution in [3.63, 3.8) is 0 Å². The standard InChI is InChI=1S/C10H21FO/c1-4-10(3)12-7-5-6-9(2)8-11/h9-10H,4-8H2,1-3H3. The lowest BCUT2D eigenvalue weighted by molar-refractivity contribution is 0.0587. The van der Waals surface area contributed by atoms with Gasteiger partial charge in [0.2, 0.25) is 0 Å². The molecule has 0 saturated heterocycles. The van der Waals surface area contributed by atoms with Crippen LogP contribution in [0.15, 0.2) is 0 Å². The van der Waals surface area contributed by atoms with Crippen molar-refractivity contribution in [3.05, 3.63) is 0 Å². The second kappa shape index (κ2) is 7.53. The minimum absolute atomic E-state index is 0.200. The lowest BCUT2D eigenvalue weighted by Crippen LogP contribution is -2.08. The van der Waals surface area contributed by atoms with E-state index in [-0.39, 0.29) is 12.6 Å². The first-order valence-corrected chi connectivity index (χ1v) is 4.88. The SMILES string of the molecule is CCC(C)OCCCC(C)CF. The molecule has 1 nitrogen and oxygen atoms in total. The van der Waals surface area contributed by atoms with Crippen LogP contribution in [0.5, 0.6) is 0 Å². The van der Waals surface area contributed by atoms with Gasteiger partial charge in [-0.2, -0.15) is 0 Å². The van der Waals surface area contributed by atoms with E-state index in [0.29, 0.717) is 6.10 Å². The third kappa shape index (κ3) is 6.59. The zero-order chi connectivity index (χ0) is 9.40. The van der Waals surface area contributed by atoms with E-state index in [9.17, 15) is 4.39 Å². The van der Waals surface area contributed by atoms with Crippen molar-refractivity contribution in [2.24, 2.45) is 5.92 Å². The summed E-state index contributed by atoms with van der Waals surface area (Å²) < 4.78 is 17.5. The summed E-state index contributed by atoms with van der Waals surface area (Å²) in [5, 5.41) is 0. The van der Waals surface area contributed by atoms with Gasteiger partial charge in [0.1, 0.15) is 0 Å². The largest absolute Gasteiger partial charge is 0.379 e. The molecule has 0 aliphatic heterocycles. The number of hydrogen-bond acceptors (Lipinski definition) is 1. The molecule has 0 aromatic heterocycles. The summed E-state index contributed by atoms with van der Waals surface area (Å²) in [6.45, 7) is 6.68. The van der Waals surface area contributed by atoms with E-state index in [1.807, 2.05) is 6.92 Å². The first-order chi connectivity index (χ1) is 5.70. The molecule has 2 heteroatoms. The maximum atomic E-state index is 12.0. The molecule has 0 N–H and O–H groups in total. The quantitative estimate of drug-likeness (QED) is 0.541. The van der Waals surface area contributed by atoms with E-state index in [1.165, 1.54) is 0 Å². The first kappa shape index (κ1) is 11.9. The predicted octanol–water partition coefficient (Wildman–Crippen LogP) is 3.19. The molecule has 0 bridgehead atoms. The van der Waals surface area contributed by atoms with Crippen molar-refractivity contribution in [1.29, 1.82) is 0 Å². The molecule has 74 valence electrons. The molecule has 12 heavy (non-hydrogen) atoms. The average molecular weight is 176 g/mol. The summed E-state index contributed by atoms with van der Waals surface area (Å²) >= 11 is 0. The Hall–Kier alpha value is -0.110. The molecule has 0 rings (SSSR count). The van der Waals surface area contributed by atoms with Crippen molar-refractivity contribution in [2.75, 3.05) is 13.3 Å². The van der Waals surface area contributed by atoms with Crippen LogP contribution in [0.2, 0.25) is 0 Å². The first-order valence-electron chi connectivity index (χ1n) is 4.88. The zero-order valence-electron chi connectivity index (χ0n) is 8.48. The third-order valence-corrected chi connectivity index (χ3v) is 2.08. The van der Waals surface area contributed by atoms with Gasteiger partial charge in [0.15, 0.2) is 0 Å². The fourth-order valence-corrected chi connectivity index (χ4v) is 0.911. The Labute approximate surface area is 75.3 Å². The summed E-state index contributed by atoms with van der Waals surface area (Å²) in [6, 6.07) is 0. The molecule has 0 aromatic carbocycles. The number of rotatable bonds is 7. The van der Waals surface area contributed by atoms with Gasteiger partial charge in [-0.15, -0.1) is 0 Å². The fourth-order valence-electron chi connectivity index (χ4n) is 0.911. The van der Waals surface area contributed by atoms with Gasteiger partial charge in [-0.25, -0.2) is 0 Å². The predicted molar refractivity (Wildman–Crippen MR) is 50.1 cm³/mol. The molecule has 2 unspecified atom stereocenters. The highest BCUT2D eigenvalue weighted by atomic mass is 19.1. The smallest absolute Gasteiger partial charge is 0.0919 e. The Bertz CT molecular complexity index is 83.8. The minimum atomic E-state index is -0.205. The van der Waals surface area contributed by atoms with E-state index in [4.69, 9.17) is 4.74 Å². The van der Waals surface area contributed by atoms with E-state index < -0.39 is 0 Å². The second-order valence-electron chi connectivity index (χ2n) is 3.49. The van der Waals surface area contributed by atoms with Crippen LogP contribution in [0.1, 0.15) is 40.0 Å². The maximum Gasteiger partial charge on any atom is 0.0919 e. The molecule has 0 aliphatic rings. The average Bonchev–Trinajstić information content (AvgIpc) is 2.11. The van der Waals surface area contributed by atoms with E-state index in [0.717, 1.165) is 25.9 Å². The van der Waals surface area contributed by atoms with Crippen LogP contribution in [0.4, 0.5) is 4.39 Å². The monoisotopic (exact) mass is 176 g/mol. The molecular weight excluding hydrogens is 155 g/mol. The van der Waals surface area contributed by atoms with Crippen LogP contribution in [0, 0.1) is 5.92 Å². The Kier molecular flexibility index (Phi) is 7.47. The summed E-state index contributed by atoms with van der Waals surface area (Å²) in [5.74, 6) is 0.200. The minimum Gasteiger partial charge on any atom is -0.379 e. The molecule has 0 fully saturated rings. The third-order valence-electron chi connectivity index (χ3n) is 2.08. The topological polar surface area (TPSA) is 9.23 Å². The van der Waals surface area contributed by atoms with Crippen molar-refractivity contribution in [2.45, 2.75) is 46.1 Å². The Morgan fingerprint density at radius 1 is 1.33 bits per heavy atom. The molecule has 0 spiro atoms. The number of ether oxygens (including phenoxy) is 1. The van der Waals surface area contributed by atoms with Gasteiger partial charge in [0, 0.05) is 6.61 Å². The molecule has 0 aromatic rings. The van der Waals surface area contributed by atoms with Gasteiger partial charge in [-0.05, 0) is 32.1 Å². The van der Waals surface area contributed by atoms with Gasteiger partial charge >= 0.3 is 0 Å². The van der Waals surface area contributed by atoms with Crippen LogP contribution in [-0.2, 0) is 4.74 Å². The molecule has 0 aliphatic carbocycles. The number of hydrogen-bond donors (Lipinski definition) is 0. The van der Waals surface area contributed by atoms with Gasteiger partial charge in [0.05, 0.1) is 12.8 Å².